The van der Waals surface area contributed by atoms with Crippen LogP contribution in [0.3, 0.4) is 0 Å². The molecule has 15 heavy (non-hydrogen) atoms. The number of halogens is 1. The Morgan fingerprint density at radius 1 is 1.73 bits per heavy atom. The van der Waals surface area contributed by atoms with Crippen LogP contribution in [0.25, 0.3) is 0 Å². The molecule has 82 valence electrons. The van der Waals surface area contributed by atoms with E-state index in [0.717, 1.165) is 23.6 Å². The summed E-state index contributed by atoms with van der Waals surface area (Å²) in [7, 11) is 1.63. The van der Waals surface area contributed by atoms with Crippen molar-refractivity contribution >= 4 is 29.0 Å². The minimum atomic E-state index is -0.857. The molecule has 0 radical (unpaired) electrons. The van der Waals surface area contributed by atoms with Gasteiger partial charge in [-0.2, -0.15) is 0 Å². The van der Waals surface area contributed by atoms with Crippen LogP contribution in [-0.4, -0.2) is 29.2 Å². The van der Waals surface area contributed by atoms with Gasteiger partial charge < -0.3 is 10.0 Å². The van der Waals surface area contributed by atoms with Crippen LogP contribution in [0.5, 0.6) is 0 Å². The quantitative estimate of drug-likeness (QED) is 0.827. The van der Waals surface area contributed by atoms with E-state index in [2.05, 4.69) is 0 Å². The molecule has 0 bridgehead atoms. The molecule has 0 saturated heterocycles. The fourth-order valence-corrected chi connectivity index (χ4v) is 3.18. The fraction of sp³-hybridized carbons (Fsp3) is 0.500. The number of likely N-dealkylation sites (N-methyl/N-ethyl adjacent to an activating group) is 1. The van der Waals surface area contributed by atoms with Crippen molar-refractivity contribution in [3.8, 4) is 0 Å². The Hall–Kier alpha value is -0.740. The molecule has 1 N–H and O–H groups in total. The minimum absolute atomic E-state index is 0.0978. The second kappa shape index (κ2) is 4.02. The average Bonchev–Trinajstić information content (AvgIpc) is 2.59. The van der Waals surface area contributed by atoms with E-state index < -0.39 is 6.09 Å². The Kier molecular flexibility index (Phi) is 2.89. The first-order valence-electron chi connectivity index (χ1n) is 4.80. The monoisotopic (exact) mass is 245 g/mol. The highest BCUT2D eigenvalue weighted by atomic mass is 35.5. The van der Waals surface area contributed by atoms with Crippen molar-refractivity contribution in [2.45, 2.75) is 25.3 Å². The number of nitrogens with zero attached hydrogens (tertiary/aromatic N) is 1. The molecule has 1 aliphatic rings. The standard InChI is InChI=1S/C10H12ClNO2S/c1-12(10(13)14)7-2-3-8-6(4-7)5-15-9(8)11/h5,7H,2-4H2,1H3,(H,13,14). The number of thiophene rings is 1. The molecule has 1 aliphatic carbocycles. The van der Waals surface area contributed by atoms with Gasteiger partial charge in [-0.3, -0.25) is 0 Å². The van der Waals surface area contributed by atoms with E-state index in [4.69, 9.17) is 16.7 Å². The highest BCUT2D eigenvalue weighted by Crippen LogP contribution is 2.34. The van der Waals surface area contributed by atoms with Crippen LogP contribution in [-0.2, 0) is 12.8 Å². The predicted molar refractivity (Wildman–Crippen MR) is 60.9 cm³/mol. The number of rotatable bonds is 1. The molecule has 1 amide bonds. The van der Waals surface area contributed by atoms with Gasteiger partial charge in [0.1, 0.15) is 0 Å². The van der Waals surface area contributed by atoms with Crippen molar-refractivity contribution in [1.29, 1.82) is 0 Å². The van der Waals surface area contributed by atoms with Crippen molar-refractivity contribution in [1.82, 2.24) is 4.90 Å². The number of fused-ring (bicyclic) bond motifs is 1. The van der Waals surface area contributed by atoms with Crippen molar-refractivity contribution in [3.05, 3.63) is 20.8 Å². The Labute approximate surface area is 97.3 Å². The van der Waals surface area contributed by atoms with Gasteiger partial charge in [-0.05, 0) is 35.8 Å². The second-order valence-electron chi connectivity index (χ2n) is 3.80. The van der Waals surface area contributed by atoms with Gasteiger partial charge in [0.15, 0.2) is 0 Å². The molecule has 0 spiro atoms. The maximum atomic E-state index is 10.8. The number of amides is 1. The molecule has 1 aromatic heterocycles. The first kappa shape index (κ1) is 10.8. The summed E-state index contributed by atoms with van der Waals surface area (Å²) in [4.78, 5) is 12.2. The highest BCUT2D eigenvalue weighted by molar-refractivity contribution is 7.14. The Morgan fingerprint density at radius 3 is 3.13 bits per heavy atom. The summed E-state index contributed by atoms with van der Waals surface area (Å²) in [6.07, 6.45) is 1.69. The highest BCUT2D eigenvalue weighted by Gasteiger charge is 2.26. The third-order valence-corrected chi connectivity index (χ3v) is 4.31. The molecule has 1 unspecified atom stereocenters. The molecular weight excluding hydrogens is 234 g/mol. The molecule has 0 aliphatic heterocycles. The van der Waals surface area contributed by atoms with Gasteiger partial charge in [-0.15, -0.1) is 11.3 Å². The normalized spacial score (nSPS) is 19.7. The van der Waals surface area contributed by atoms with E-state index in [-0.39, 0.29) is 6.04 Å². The fourth-order valence-electron chi connectivity index (χ4n) is 1.98. The van der Waals surface area contributed by atoms with E-state index in [1.807, 2.05) is 5.38 Å². The maximum Gasteiger partial charge on any atom is 0.407 e. The van der Waals surface area contributed by atoms with Gasteiger partial charge in [-0.25, -0.2) is 4.79 Å². The van der Waals surface area contributed by atoms with Gasteiger partial charge in [0, 0.05) is 13.1 Å². The molecule has 2 rings (SSSR count). The summed E-state index contributed by atoms with van der Waals surface area (Å²) >= 11 is 7.58. The van der Waals surface area contributed by atoms with Crippen LogP contribution in [0, 0.1) is 0 Å². The third-order valence-electron chi connectivity index (χ3n) is 2.96. The van der Waals surface area contributed by atoms with E-state index in [0.29, 0.717) is 0 Å². The smallest absolute Gasteiger partial charge is 0.407 e. The summed E-state index contributed by atoms with van der Waals surface area (Å²) in [6.45, 7) is 0. The maximum absolute atomic E-state index is 10.8. The van der Waals surface area contributed by atoms with Gasteiger partial charge in [0.05, 0.1) is 4.34 Å². The SMILES string of the molecule is CN(C(=O)O)C1CCc2c(csc2Cl)C1. The van der Waals surface area contributed by atoms with Gasteiger partial charge in [0.25, 0.3) is 0 Å². The van der Waals surface area contributed by atoms with E-state index in [1.54, 1.807) is 18.4 Å². The summed E-state index contributed by atoms with van der Waals surface area (Å²) in [5, 5.41) is 10.9. The van der Waals surface area contributed by atoms with Crippen LogP contribution in [0.4, 0.5) is 4.79 Å². The van der Waals surface area contributed by atoms with Crippen molar-refractivity contribution in [2.75, 3.05) is 7.05 Å². The first-order chi connectivity index (χ1) is 7.09. The zero-order valence-electron chi connectivity index (χ0n) is 8.36. The molecule has 1 heterocycles. The molecule has 0 aromatic carbocycles. The van der Waals surface area contributed by atoms with Gasteiger partial charge >= 0.3 is 6.09 Å². The van der Waals surface area contributed by atoms with E-state index >= 15 is 0 Å². The lowest BCUT2D eigenvalue weighted by atomic mass is 9.91. The zero-order valence-corrected chi connectivity index (χ0v) is 9.94. The van der Waals surface area contributed by atoms with E-state index in [9.17, 15) is 4.79 Å². The lowest BCUT2D eigenvalue weighted by Gasteiger charge is -2.29. The summed E-state index contributed by atoms with van der Waals surface area (Å²) in [5.74, 6) is 0. The van der Waals surface area contributed by atoms with Gasteiger partial charge in [-0.1, -0.05) is 11.6 Å². The predicted octanol–water partition coefficient (Wildman–Crippen LogP) is 2.87. The number of hydrogen-bond acceptors (Lipinski definition) is 2. The lowest BCUT2D eigenvalue weighted by Crippen LogP contribution is -2.39. The molecule has 5 heteroatoms. The summed E-state index contributed by atoms with van der Waals surface area (Å²) < 4.78 is 0.862. The molecule has 1 aromatic rings. The number of carboxylic acid groups (broad SMARTS) is 1. The van der Waals surface area contributed by atoms with Gasteiger partial charge in [0.2, 0.25) is 0 Å². The van der Waals surface area contributed by atoms with Crippen LogP contribution in [0.2, 0.25) is 4.34 Å². The molecular formula is C10H12ClNO2S. The Balaban J connectivity index is 2.15. The average molecular weight is 246 g/mol. The molecule has 1 atom stereocenters. The summed E-state index contributed by atoms with van der Waals surface area (Å²) in [5.41, 5.74) is 2.44. The third kappa shape index (κ3) is 1.96. The van der Waals surface area contributed by atoms with Crippen molar-refractivity contribution < 1.29 is 9.90 Å². The molecule has 0 saturated carbocycles. The molecule has 3 nitrogen and oxygen atoms in total. The van der Waals surface area contributed by atoms with E-state index in [1.165, 1.54) is 16.0 Å². The summed E-state index contributed by atoms with van der Waals surface area (Å²) in [6, 6.07) is 0.0978. The molecule has 0 fully saturated rings. The lowest BCUT2D eigenvalue weighted by molar-refractivity contribution is 0.134. The van der Waals surface area contributed by atoms with Crippen LogP contribution >= 0.6 is 22.9 Å². The minimum Gasteiger partial charge on any atom is -0.465 e. The van der Waals surface area contributed by atoms with Crippen molar-refractivity contribution in [3.63, 3.8) is 0 Å². The second-order valence-corrected chi connectivity index (χ2v) is 5.29. The number of carbonyl (C=O) groups is 1. The largest absolute Gasteiger partial charge is 0.465 e. The van der Waals surface area contributed by atoms with Crippen LogP contribution < -0.4 is 0 Å². The Morgan fingerprint density at radius 2 is 2.47 bits per heavy atom. The van der Waals surface area contributed by atoms with Crippen LogP contribution in [0.15, 0.2) is 5.38 Å². The zero-order chi connectivity index (χ0) is 11.0. The number of hydrogen-bond donors (Lipinski definition) is 1. The topological polar surface area (TPSA) is 40.5 Å². The first-order valence-corrected chi connectivity index (χ1v) is 6.06. The van der Waals surface area contributed by atoms with Crippen molar-refractivity contribution in [2.24, 2.45) is 0 Å². The Bertz CT molecular complexity index is 391. The van der Waals surface area contributed by atoms with Crippen LogP contribution in [0.1, 0.15) is 17.5 Å².